The van der Waals surface area contributed by atoms with Crippen molar-refractivity contribution in [2.75, 3.05) is 6.26 Å². The quantitative estimate of drug-likeness (QED) is 0.852. The molecular formula is C10H17N3O2S. The highest BCUT2D eigenvalue weighted by molar-refractivity contribution is 7.90. The molecule has 1 heterocycles. The van der Waals surface area contributed by atoms with E-state index in [1.54, 1.807) is 20.0 Å². The molecule has 0 amide bonds. The molecule has 5 nitrogen and oxygen atoms in total. The fourth-order valence-corrected chi connectivity index (χ4v) is 1.83. The first kappa shape index (κ1) is 13.1. The Bertz CT molecular complexity index is 483. The number of aromatic nitrogens is 2. The predicted molar refractivity (Wildman–Crippen MR) is 62.6 cm³/mol. The highest BCUT2D eigenvalue weighted by Gasteiger charge is 2.21. The number of nitrogens with zero attached hydrogens (tertiary/aromatic N) is 2. The maximum Gasteiger partial charge on any atom is 0.157 e. The van der Waals surface area contributed by atoms with Gasteiger partial charge >= 0.3 is 0 Å². The van der Waals surface area contributed by atoms with Crippen LogP contribution in [0, 0.1) is 6.92 Å². The molecular weight excluding hydrogens is 226 g/mol. The summed E-state index contributed by atoms with van der Waals surface area (Å²) in [5, 5.41) is -0.687. The molecule has 90 valence electrons. The smallest absolute Gasteiger partial charge is 0.157 e. The van der Waals surface area contributed by atoms with Crippen LogP contribution in [0.25, 0.3) is 0 Å². The van der Waals surface area contributed by atoms with E-state index in [-0.39, 0.29) is 6.04 Å². The van der Waals surface area contributed by atoms with Gasteiger partial charge in [-0.3, -0.25) is 0 Å². The fraction of sp³-hybridized carbons (Fsp3) is 0.600. The van der Waals surface area contributed by atoms with Crippen molar-refractivity contribution in [1.82, 2.24) is 9.97 Å². The third-order valence-corrected chi connectivity index (χ3v) is 4.03. The van der Waals surface area contributed by atoms with Crippen LogP contribution in [0.1, 0.15) is 42.2 Å². The van der Waals surface area contributed by atoms with Gasteiger partial charge in [0.15, 0.2) is 9.84 Å². The summed E-state index contributed by atoms with van der Waals surface area (Å²) in [6.07, 6.45) is 2.78. The molecule has 0 aliphatic heterocycles. The Morgan fingerprint density at radius 2 is 1.94 bits per heavy atom. The third-order valence-electron chi connectivity index (χ3n) is 2.53. The van der Waals surface area contributed by atoms with Crippen molar-refractivity contribution in [2.24, 2.45) is 5.73 Å². The largest absolute Gasteiger partial charge is 0.324 e. The van der Waals surface area contributed by atoms with Crippen LogP contribution < -0.4 is 5.73 Å². The Morgan fingerprint density at radius 3 is 2.31 bits per heavy atom. The Morgan fingerprint density at radius 1 is 1.38 bits per heavy atom. The Balaban J connectivity index is 3.16. The van der Waals surface area contributed by atoms with Gasteiger partial charge in [0.2, 0.25) is 0 Å². The standard InChI is InChI=1S/C10H17N3O2S/c1-6(11)9-5-12-10(13-7(9)2)8(3)16(4,14)15/h5-6,8H,11H2,1-4H3/t6-,8?/m1/s1. The van der Waals surface area contributed by atoms with Crippen LogP contribution in [0.3, 0.4) is 0 Å². The van der Waals surface area contributed by atoms with E-state index >= 15 is 0 Å². The molecule has 2 N–H and O–H groups in total. The van der Waals surface area contributed by atoms with E-state index in [9.17, 15) is 8.42 Å². The van der Waals surface area contributed by atoms with E-state index < -0.39 is 15.1 Å². The van der Waals surface area contributed by atoms with E-state index in [0.29, 0.717) is 5.82 Å². The number of sulfone groups is 1. The minimum absolute atomic E-state index is 0.150. The van der Waals surface area contributed by atoms with Crippen molar-refractivity contribution >= 4 is 9.84 Å². The average Bonchev–Trinajstić information content (AvgIpc) is 2.14. The predicted octanol–water partition coefficient (Wildman–Crippen LogP) is 0.910. The van der Waals surface area contributed by atoms with Crippen molar-refractivity contribution in [3.63, 3.8) is 0 Å². The number of aryl methyl sites for hydroxylation is 1. The summed E-state index contributed by atoms with van der Waals surface area (Å²) in [6.45, 7) is 5.22. The minimum Gasteiger partial charge on any atom is -0.324 e. The Kier molecular flexibility index (Phi) is 3.64. The molecule has 0 radical (unpaired) electrons. The first-order valence-electron chi connectivity index (χ1n) is 5.01. The molecule has 0 saturated carbocycles. The van der Waals surface area contributed by atoms with Crippen molar-refractivity contribution in [3.8, 4) is 0 Å². The highest BCUT2D eigenvalue weighted by Crippen LogP contribution is 2.19. The van der Waals surface area contributed by atoms with Gasteiger partial charge < -0.3 is 5.73 Å². The zero-order valence-electron chi connectivity index (χ0n) is 9.93. The van der Waals surface area contributed by atoms with E-state index in [4.69, 9.17) is 5.73 Å². The molecule has 0 saturated heterocycles. The van der Waals surface area contributed by atoms with Gasteiger partial charge in [-0.05, 0) is 20.8 Å². The van der Waals surface area contributed by atoms with Crippen LogP contribution in [0.2, 0.25) is 0 Å². The van der Waals surface area contributed by atoms with Gasteiger partial charge in [0.25, 0.3) is 0 Å². The van der Waals surface area contributed by atoms with E-state index in [1.807, 2.05) is 6.92 Å². The fourth-order valence-electron chi connectivity index (χ4n) is 1.33. The molecule has 2 atom stereocenters. The number of hydrogen-bond donors (Lipinski definition) is 1. The lowest BCUT2D eigenvalue weighted by Gasteiger charge is -2.12. The summed E-state index contributed by atoms with van der Waals surface area (Å²) >= 11 is 0. The van der Waals surface area contributed by atoms with Gasteiger partial charge in [-0.25, -0.2) is 18.4 Å². The molecule has 16 heavy (non-hydrogen) atoms. The lowest BCUT2D eigenvalue weighted by atomic mass is 10.1. The molecule has 0 bridgehead atoms. The second-order valence-electron chi connectivity index (χ2n) is 4.03. The SMILES string of the molecule is Cc1nc(C(C)S(C)(=O)=O)ncc1[C@@H](C)N. The van der Waals surface area contributed by atoms with Crippen LogP contribution in [0.15, 0.2) is 6.20 Å². The zero-order valence-corrected chi connectivity index (χ0v) is 10.7. The minimum atomic E-state index is -3.16. The van der Waals surface area contributed by atoms with Crippen LogP contribution in [0.4, 0.5) is 0 Å². The van der Waals surface area contributed by atoms with E-state index in [2.05, 4.69) is 9.97 Å². The van der Waals surface area contributed by atoms with Crippen LogP contribution in [-0.2, 0) is 9.84 Å². The van der Waals surface area contributed by atoms with E-state index in [1.165, 1.54) is 6.26 Å². The summed E-state index contributed by atoms with van der Waals surface area (Å²) < 4.78 is 22.7. The Labute approximate surface area is 96.0 Å². The normalized spacial score (nSPS) is 15.8. The van der Waals surface area contributed by atoms with Crippen LogP contribution in [-0.4, -0.2) is 24.6 Å². The van der Waals surface area contributed by atoms with Crippen LogP contribution in [0.5, 0.6) is 0 Å². The number of nitrogens with two attached hydrogens (primary N) is 1. The molecule has 0 aliphatic rings. The van der Waals surface area contributed by atoms with E-state index in [0.717, 1.165) is 11.3 Å². The monoisotopic (exact) mass is 243 g/mol. The first-order chi connectivity index (χ1) is 7.23. The molecule has 0 spiro atoms. The van der Waals surface area contributed by atoms with Gasteiger partial charge in [-0.15, -0.1) is 0 Å². The van der Waals surface area contributed by atoms with Gasteiger partial charge in [-0.2, -0.15) is 0 Å². The maximum absolute atomic E-state index is 11.4. The summed E-state index contributed by atoms with van der Waals surface area (Å²) in [7, 11) is -3.16. The second kappa shape index (κ2) is 4.47. The van der Waals surface area contributed by atoms with Crippen molar-refractivity contribution in [1.29, 1.82) is 0 Å². The van der Waals surface area contributed by atoms with Crippen molar-refractivity contribution in [3.05, 3.63) is 23.3 Å². The summed E-state index contributed by atoms with van der Waals surface area (Å²) in [4.78, 5) is 8.25. The molecule has 1 aromatic heterocycles. The number of rotatable bonds is 3. The molecule has 1 aromatic rings. The molecule has 0 fully saturated rings. The topological polar surface area (TPSA) is 85.9 Å². The molecule has 6 heteroatoms. The van der Waals surface area contributed by atoms with Gasteiger partial charge in [0, 0.05) is 29.8 Å². The lowest BCUT2D eigenvalue weighted by Crippen LogP contribution is -2.15. The first-order valence-corrected chi connectivity index (χ1v) is 6.96. The van der Waals surface area contributed by atoms with Gasteiger partial charge in [0.1, 0.15) is 11.1 Å². The molecule has 0 aromatic carbocycles. The lowest BCUT2D eigenvalue weighted by molar-refractivity contribution is 0.588. The zero-order chi connectivity index (χ0) is 12.5. The molecule has 1 rings (SSSR count). The van der Waals surface area contributed by atoms with Gasteiger partial charge in [-0.1, -0.05) is 0 Å². The highest BCUT2D eigenvalue weighted by atomic mass is 32.2. The average molecular weight is 243 g/mol. The summed E-state index contributed by atoms with van der Waals surface area (Å²) in [5.41, 5.74) is 7.30. The third kappa shape index (κ3) is 2.76. The summed E-state index contributed by atoms with van der Waals surface area (Å²) in [6, 6.07) is -0.150. The van der Waals surface area contributed by atoms with Crippen molar-refractivity contribution < 1.29 is 8.42 Å². The molecule has 0 aliphatic carbocycles. The maximum atomic E-state index is 11.4. The van der Waals surface area contributed by atoms with Crippen LogP contribution >= 0.6 is 0 Å². The van der Waals surface area contributed by atoms with Crippen molar-refractivity contribution in [2.45, 2.75) is 32.1 Å². The number of hydrogen-bond acceptors (Lipinski definition) is 5. The summed E-state index contributed by atoms with van der Waals surface area (Å²) in [5.74, 6) is 0.324. The molecule has 1 unspecified atom stereocenters. The van der Waals surface area contributed by atoms with Gasteiger partial charge in [0.05, 0.1) is 0 Å². The Hall–Kier alpha value is -1.01. The second-order valence-corrected chi connectivity index (χ2v) is 6.40.